The third-order valence-electron chi connectivity index (χ3n) is 19.5. The summed E-state index contributed by atoms with van der Waals surface area (Å²) < 4.78 is 7.55. The number of hydrogen-bond donors (Lipinski definition) is 3. The Bertz CT molecular complexity index is 3100. The first-order chi connectivity index (χ1) is 38.8. The summed E-state index contributed by atoms with van der Waals surface area (Å²) in [5.41, 5.74) is 12.3. The molecule has 426 valence electrons. The van der Waals surface area contributed by atoms with Crippen LogP contribution in [0.1, 0.15) is 161 Å². The first-order valence-electron chi connectivity index (χ1n) is 30.7. The number of benzene rings is 4. The molecular weight excluding hydrogens is 987 g/mol. The van der Waals surface area contributed by atoms with Crippen LogP contribution >= 0.6 is 0 Å². The topological polar surface area (TPSA) is 101 Å². The number of amides is 1. The zero-order valence-electron chi connectivity index (χ0n) is 49.8. The van der Waals surface area contributed by atoms with Crippen molar-refractivity contribution in [3.8, 4) is 0 Å². The van der Waals surface area contributed by atoms with Crippen LogP contribution in [0.25, 0.3) is 21.5 Å². The highest BCUT2D eigenvalue weighted by Gasteiger charge is 2.46. The quantitative estimate of drug-likeness (QED) is 0.0304. The molecule has 1 aliphatic carbocycles. The van der Waals surface area contributed by atoms with E-state index in [1.807, 2.05) is 12.4 Å². The first kappa shape index (κ1) is 58.9. The number of β-amino-alcohol motifs (C(OH)–C–C–N with tert-alkyl or cyclic N) is 2. The van der Waals surface area contributed by atoms with Gasteiger partial charge in [-0.3, -0.25) is 9.78 Å². The van der Waals surface area contributed by atoms with Gasteiger partial charge in [0.1, 0.15) is 13.3 Å². The molecule has 9 heteroatoms. The van der Waals surface area contributed by atoms with Crippen LogP contribution in [0.4, 0.5) is 11.4 Å². The van der Waals surface area contributed by atoms with Gasteiger partial charge in [-0.25, -0.2) is 0 Å². The number of hydrogen-bond acceptors (Lipinski definition) is 7. The fourth-order valence-electron chi connectivity index (χ4n) is 14.7. The van der Waals surface area contributed by atoms with E-state index < -0.39 is 5.41 Å². The Morgan fingerprint density at radius 3 is 2.23 bits per heavy atom. The van der Waals surface area contributed by atoms with Crippen LogP contribution < -0.4 is 10.2 Å². The van der Waals surface area contributed by atoms with Gasteiger partial charge in [0.25, 0.3) is 0 Å². The number of carbonyl (C=O) groups is 1. The van der Waals surface area contributed by atoms with Crippen molar-refractivity contribution >= 4 is 44.5 Å². The third kappa shape index (κ3) is 12.5. The zero-order chi connectivity index (χ0) is 56.4. The number of fused-ring (bicyclic) bond motifs is 6. The van der Waals surface area contributed by atoms with Gasteiger partial charge in [-0.15, -0.1) is 0 Å². The molecule has 4 aromatic carbocycles. The second-order valence-corrected chi connectivity index (χ2v) is 24.9. The standard InChI is InChI=1S/C71H93N5O4/c1-9-51(25-26-52(53-36-41-72-42-37-53)35-40-71(7,10-2)68(79)73-50-80-8)54-38-44-74(45-39-54)43-16-15-22-59-55(29-33-64-69(3,4)66-60-23-13-11-18-57(60)27-31-62(66)75(64)46-48-77)20-17-21-56(59)30-34-65-70(5,6)67-61-24-14-12-19-58(61)28-32-63(67)76(65)47-49-78/h11-14,18-19,23-24,27-34,36-37,41-42,51-52,54,77-78H,9-10,15-17,20-22,25-26,35,38-40,43-50H2,1-8H3/p+1. The third-order valence-corrected chi connectivity index (χ3v) is 19.5. The molecule has 1 fully saturated rings. The smallest absolute Gasteiger partial charge is 0.227 e. The number of anilines is 1. The summed E-state index contributed by atoms with van der Waals surface area (Å²) in [6.07, 6.45) is 28.8. The molecule has 3 unspecified atom stereocenters. The van der Waals surface area contributed by atoms with Crippen molar-refractivity contribution < 1.29 is 24.3 Å². The largest absolute Gasteiger partial charge is 0.395 e. The van der Waals surface area contributed by atoms with Crippen LogP contribution in [-0.4, -0.2) is 96.1 Å². The fourth-order valence-corrected chi connectivity index (χ4v) is 14.7. The number of nitrogens with one attached hydrogen (secondary N) is 1. The Morgan fingerprint density at radius 1 is 0.825 bits per heavy atom. The fraction of sp³-hybridized carbons (Fsp3) is 0.507. The number of aromatic nitrogens is 1. The molecule has 1 aromatic heterocycles. The number of aliphatic hydroxyl groups is 2. The minimum absolute atomic E-state index is 0.0821. The Labute approximate surface area is 479 Å². The summed E-state index contributed by atoms with van der Waals surface area (Å²) in [7, 11) is 1.62. The van der Waals surface area contributed by atoms with Crippen molar-refractivity contribution in [3.63, 3.8) is 0 Å². The molecule has 9 nitrogen and oxygen atoms in total. The van der Waals surface area contributed by atoms with Gasteiger partial charge in [-0.05, 0) is 214 Å². The second-order valence-electron chi connectivity index (χ2n) is 24.9. The number of likely N-dealkylation sites (tertiary alicyclic amines) is 1. The molecule has 5 aromatic rings. The lowest BCUT2D eigenvalue weighted by atomic mass is 9.75. The normalized spacial score (nSPS) is 20.1. The maximum Gasteiger partial charge on any atom is 0.227 e. The van der Waals surface area contributed by atoms with Crippen LogP contribution in [0, 0.1) is 17.3 Å². The first-order valence-corrected chi connectivity index (χ1v) is 30.7. The van der Waals surface area contributed by atoms with Crippen molar-refractivity contribution in [2.24, 2.45) is 17.3 Å². The van der Waals surface area contributed by atoms with Crippen LogP contribution in [0.5, 0.6) is 0 Å². The molecule has 3 atom stereocenters. The van der Waals surface area contributed by atoms with E-state index in [2.05, 4.69) is 182 Å². The molecule has 3 N–H and O–H groups in total. The van der Waals surface area contributed by atoms with Gasteiger partial charge in [-0.2, -0.15) is 4.58 Å². The molecule has 0 radical (unpaired) electrons. The zero-order valence-corrected chi connectivity index (χ0v) is 49.8. The highest BCUT2D eigenvalue weighted by molar-refractivity contribution is 6.08. The lowest BCUT2D eigenvalue weighted by Crippen LogP contribution is -2.39. The summed E-state index contributed by atoms with van der Waals surface area (Å²) in [6, 6.07) is 30.8. The maximum atomic E-state index is 13.2. The van der Waals surface area contributed by atoms with Gasteiger partial charge in [-0.1, -0.05) is 108 Å². The van der Waals surface area contributed by atoms with E-state index in [4.69, 9.17) is 4.74 Å². The molecular formula is C71H94N5O4+. The van der Waals surface area contributed by atoms with Crippen molar-refractivity contribution in [2.45, 2.75) is 155 Å². The lowest BCUT2D eigenvalue weighted by molar-refractivity contribution is -0.440. The number of piperidine rings is 1. The summed E-state index contributed by atoms with van der Waals surface area (Å²) in [4.78, 5) is 22.7. The molecule has 80 heavy (non-hydrogen) atoms. The highest BCUT2D eigenvalue weighted by atomic mass is 16.5. The van der Waals surface area contributed by atoms with E-state index in [0.29, 0.717) is 24.9 Å². The van der Waals surface area contributed by atoms with Gasteiger partial charge in [0, 0.05) is 66.0 Å². The van der Waals surface area contributed by atoms with Crippen molar-refractivity contribution in [1.29, 1.82) is 0 Å². The van der Waals surface area contributed by atoms with E-state index in [-0.39, 0.29) is 36.7 Å². The summed E-state index contributed by atoms with van der Waals surface area (Å²) >= 11 is 0. The molecule has 4 heterocycles. The predicted octanol–water partition coefficient (Wildman–Crippen LogP) is 14.8. The number of allylic oxidation sites excluding steroid dienone is 8. The van der Waals surface area contributed by atoms with Crippen LogP contribution in [0.2, 0.25) is 0 Å². The minimum atomic E-state index is -0.427. The number of pyridine rings is 1. The van der Waals surface area contributed by atoms with Crippen molar-refractivity contribution in [2.75, 3.05) is 64.7 Å². The van der Waals surface area contributed by atoms with Gasteiger partial charge >= 0.3 is 0 Å². The molecule has 0 bridgehead atoms. The van der Waals surface area contributed by atoms with Gasteiger partial charge in [0.05, 0.1) is 12.0 Å². The number of rotatable bonds is 25. The van der Waals surface area contributed by atoms with E-state index in [9.17, 15) is 15.0 Å². The molecule has 4 aliphatic rings. The van der Waals surface area contributed by atoms with Crippen LogP contribution in [-0.2, 0) is 20.4 Å². The van der Waals surface area contributed by atoms with Crippen LogP contribution in [0.3, 0.4) is 0 Å². The summed E-state index contributed by atoms with van der Waals surface area (Å²) in [5, 5.41) is 29.0. The Hall–Kier alpha value is -5.71. The van der Waals surface area contributed by atoms with Gasteiger partial charge in [0.2, 0.25) is 11.6 Å². The molecule has 1 saturated heterocycles. The van der Waals surface area contributed by atoms with E-state index in [0.717, 1.165) is 70.3 Å². The van der Waals surface area contributed by atoms with E-state index in [1.54, 1.807) is 7.11 Å². The van der Waals surface area contributed by atoms with Gasteiger partial charge in [0.15, 0.2) is 12.3 Å². The van der Waals surface area contributed by atoms with Gasteiger partial charge < -0.3 is 30.1 Å². The number of carbonyl (C=O) groups excluding carboxylic acids is 1. The summed E-state index contributed by atoms with van der Waals surface area (Å²) in [5.74, 6) is 1.92. The average molecular weight is 1080 g/mol. The second kappa shape index (κ2) is 26.5. The predicted molar refractivity (Wildman–Crippen MR) is 332 cm³/mol. The van der Waals surface area contributed by atoms with E-state index >= 15 is 0 Å². The Morgan fingerprint density at radius 2 is 1.54 bits per heavy atom. The Kier molecular flexibility index (Phi) is 19.5. The highest BCUT2D eigenvalue weighted by Crippen LogP contribution is 2.51. The SMILES string of the molecule is CCC(CCC(CCC(C)(CC)C(=O)NCOC)c1ccncc1)C1CCN(CCCCC2=C(/C=C/C3=[N+](CCO)c4ccc5ccccc5c4C3(C)C)CCC/C2=C\C=C2\N(CCO)c3ccc4ccccc4c3C2(C)C)CC1. The number of methoxy groups -OCH3 is 1. The minimum Gasteiger partial charge on any atom is -0.395 e. The van der Waals surface area contributed by atoms with Crippen molar-refractivity contribution in [3.05, 3.63) is 161 Å². The monoisotopic (exact) mass is 1080 g/mol. The molecule has 1 amide bonds. The van der Waals surface area contributed by atoms with Crippen molar-refractivity contribution in [1.82, 2.24) is 15.2 Å². The maximum absolute atomic E-state index is 13.2. The molecule has 0 spiro atoms. The van der Waals surface area contributed by atoms with E-state index in [1.165, 1.54) is 123 Å². The number of unbranched alkanes of at least 4 members (excludes halogenated alkanes) is 1. The average Bonchev–Trinajstić information content (AvgIpc) is 3.89. The summed E-state index contributed by atoms with van der Waals surface area (Å²) in [6.45, 7) is 21.1. The number of aliphatic hydroxyl groups excluding tert-OH is 2. The molecule has 0 saturated carbocycles. The lowest BCUT2D eigenvalue weighted by Gasteiger charge is -2.36. The Balaban J connectivity index is 0.917. The van der Waals surface area contributed by atoms with Crippen LogP contribution in [0.15, 0.2) is 144 Å². The molecule has 3 aliphatic heterocycles. The number of nitrogens with zero attached hydrogens (tertiary/aromatic N) is 4. The molecule has 9 rings (SSSR count). The number of ether oxygens (including phenoxy) is 1.